The summed E-state index contributed by atoms with van der Waals surface area (Å²) in [7, 11) is 0. The molecule has 6 N–H and O–H groups in total. The van der Waals surface area contributed by atoms with Crippen molar-refractivity contribution in [3.63, 3.8) is 0 Å². The zero-order chi connectivity index (χ0) is 13.2. The molecule has 0 aromatic carbocycles. The standard InChI is InChI=1S/C12H27N3O2/c1-6(2)9-8(5-13)17-12(16-7(3)4)11(15)10(9)14/h6-12H,5,13-15H2,1-4H3/t8?,9-,10?,11-,12+/m0/s1. The highest BCUT2D eigenvalue weighted by molar-refractivity contribution is 4.95. The average Bonchev–Trinajstić information content (AvgIpc) is 2.23. The second kappa shape index (κ2) is 6.11. The van der Waals surface area contributed by atoms with Crippen molar-refractivity contribution in [1.29, 1.82) is 0 Å². The first-order valence-corrected chi connectivity index (χ1v) is 6.40. The van der Waals surface area contributed by atoms with Crippen LogP contribution in [0.4, 0.5) is 0 Å². The molecule has 2 unspecified atom stereocenters. The van der Waals surface area contributed by atoms with Gasteiger partial charge in [-0.15, -0.1) is 0 Å². The summed E-state index contributed by atoms with van der Waals surface area (Å²) in [5.74, 6) is 0.576. The number of nitrogens with two attached hydrogens (primary N) is 3. The maximum absolute atomic E-state index is 6.21. The maximum Gasteiger partial charge on any atom is 0.174 e. The summed E-state index contributed by atoms with van der Waals surface area (Å²) >= 11 is 0. The monoisotopic (exact) mass is 245 g/mol. The van der Waals surface area contributed by atoms with Crippen molar-refractivity contribution in [2.75, 3.05) is 6.54 Å². The normalized spacial score (nSPS) is 39.0. The predicted octanol–water partition coefficient (Wildman–Crippen LogP) is 0.0218. The van der Waals surface area contributed by atoms with Crippen molar-refractivity contribution >= 4 is 0 Å². The molecule has 0 aromatic rings. The number of hydrogen-bond donors (Lipinski definition) is 3. The van der Waals surface area contributed by atoms with E-state index >= 15 is 0 Å². The molecule has 1 fully saturated rings. The third-order valence-corrected chi connectivity index (χ3v) is 3.35. The molecule has 1 aliphatic rings. The average molecular weight is 245 g/mol. The van der Waals surface area contributed by atoms with Crippen molar-refractivity contribution in [1.82, 2.24) is 0 Å². The fourth-order valence-corrected chi connectivity index (χ4v) is 2.52. The van der Waals surface area contributed by atoms with Crippen molar-refractivity contribution in [3.8, 4) is 0 Å². The third-order valence-electron chi connectivity index (χ3n) is 3.35. The summed E-state index contributed by atoms with van der Waals surface area (Å²) in [4.78, 5) is 0. The van der Waals surface area contributed by atoms with Crippen LogP contribution in [0.15, 0.2) is 0 Å². The highest BCUT2D eigenvalue weighted by Gasteiger charge is 2.43. The largest absolute Gasteiger partial charge is 0.348 e. The molecule has 0 amide bonds. The highest BCUT2D eigenvalue weighted by Crippen LogP contribution is 2.30. The number of rotatable bonds is 4. The van der Waals surface area contributed by atoms with Gasteiger partial charge in [-0.3, -0.25) is 0 Å². The quantitative estimate of drug-likeness (QED) is 0.649. The van der Waals surface area contributed by atoms with Gasteiger partial charge in [0.2, 0.25) is 0 Å². The molecule has 5 atom stereocenters. The van der Waals surface area contributed by atoms with Gasteiger partial charge in [0.05, 0.1) is 18.2 Å². The number of hydrogen-bond acceptors (Lipinski definition) is 5. The molecule has 0 aliphatic carbocycles. The molecule has 0 saturated carbocycles. The molecule has 0 bridgehead atoms. The Kier molecular flexibility index (Phi) is 5.34. The second-order valence-electron chi connectivity index (χ2n) is 5.44. The van der Waals surface area contributed by atoms with Crippen LogP contribution < -0.4 is 17.2 Å². The molecule has 17 heavy (non-hydrogen) atoms. The van der Waals surface area contributed by atoms with E-state index in [4.69, 9.17) is 26.7 Å². The van der Waals surface area contributed by atoms with E-state index < -0.39 is 6.29 Å². The molecular weight excluding hydrogens is 218 g/mol. The van der Waals surface area contributed by atoms with E-state index in [9.17, 15) is 0 Å². The fourth-order valence-electron chi connectivity index (χ4n) is 2.52. The molecule has 0 spiro atoms. The molecule has 102 valence electrons. The molecule has 5 nitrogen and oxygen atoms in total. The Morgan fingerprint density at radius 1 is 1.12 bits per heavy atom. The molecule has 5 heteroatoms. The summed E-state index contributed by atoms with van der Waals surface area (Å²) < 4.78 is 11.5. The van der Waals surface area contributed by atoms with Crippen LogP contribution in [0.25, 0.3) is 0 Å². The Hall–Kier alpha value is -0.200. The van der Waals surface area contributed by atoms with Crippen LogP contribution in [0.3, 0.4) is 0 Å². The zero-order valence-electron chi connectivity index (χ0n) is 11.3. The SMILES string of the molecule is CC(C)O[C@@H]1OC(CN)[C@H](C(C)C)C(N)[C@@H]1N. The van der Waals surface area contributed by atoms with Crippen LogP contribution in [0.1, 0.15) is 27.7 Å². The van der Waals surface area contributed by atoms with Crippen molar-refractivity contribution in [2.45, 2.75) is 58.3 Å². The lowest BCUT2D eigenvalue weighted by molar-refractivity contribution is -0.237. The summed E-state index contributed by atoms with van der Waals surface area (Å²) in [5.41, 5.74) is 18.1. The van der Waals surface area contributed by atoms with Gasteiger partial charge in [-0.25, -0.2) is 0 Å². The predicted molar refractivity (Wildman–Crippen MR) is 68.2 cm³/mol. The maximum atomic E-state index is 6.21. The lowest BCUT2D eigenvalue weighted by Crippen LogP contribution is -2.65. The zero-order valence-corrected chi connectivity index (χ0v) is 11.3. The minimum atomic E-state index is -0.450. The van der Waals surface area contributed by atoms with Crippen molar-refractivity contribution in [3.05, 3.63) is 0 Å². The lowest BCUT2D eigenvalue weighted by atomic mass is 9.79. The molecule has 1 rings (SSSR count). The smallest absolute Gasteiger partial charge is 0.174 e. The Bertz CT molecular complexity index is 232. The second-order valence-corrected chi connectivity index (χ2v) is 5.44. The van der Waals surface area contributed by atoms with Gasteiger partial charge in [-0.1, -0.05) is 13.8 Å². The first kappa shape index (κ1) is 14.9. The van der Waals surface area contributed by atoms with Gasteiger partial charge in [0.1, 0.15) is 0 Å². The van der Waals surface area contributed by atoms with Crippen LogP contribution in [0, 0.1) is 11.8 Å². The topological polar surface area (TPSA) is 96.5 Å². The third kappa shape index (κ3) is 3.39. The fraction of sp³-hybridized carbons (Fsp3) is 1.00. The Balaban J connectivity index is 2.78. The van der Waals surface area contributed by atoms with Crippen molar-refractivity contribution < 1.29 is 9.47 Å². The first-order chi connectivity index (χ1) is 7.88. The molecule has 1 heterocycles. The Morgan fingerprint density at radius 3 is 2.12 bits per heavy atom. The molecule has 1 aliphatic heterocycles. The van der Waals surface area contributed by atoms with Crippen LogP contribution in [0.5, 0.6) is 0 Å². The van der Waals surface area contributed by atoms with Gasteiger partial charge in [-0.2, -0.15) is 0 Å². The summed E-state index contributed by atoms with van der Waals surface area (Å²) in [5, 5.41) is 0. The molecule has 0 aromatic heterocycles. The van der Waals surface area contributed by atoms with Gasteiger partial charge in [0, 0.05) is 18.5 Å². The Labute approximate surface area is 104 Å². The molecule has 1 saturated heterocycles. The summed E-state index contributed by atoms with van der Waals surface area (Å²) in [6.45, 7) is 8.59. The summed E-state index contributed by atoms with van der Waals surface area (Å²) in [6, 6.07) is -0.436. The van der Waals surface area contributed by atoms with Crippen LogP contribution in [0.2, 0.25) is 0 Å². The Morgan fingerprint density at radius 2 is 1.71 bits per heavy atom. The van der Waals surface area contributed by atoms with Gasteiger partial charge >= 0.3 is 0 Å². The minimum Gasteiger partial charge on any atom is -0.348 e. The van der Waals surface area contributed by atoms with E-state index in [1.165, 1.54) is 0 Å². The van der Waals surface area contributed by atoms with E-state index in [-0.39, 0.29) is 30.2 Å². The summed E-state index contributed by atoms with van der Waals surface area (Å²) in [6.07, 6.45) is -0.464. The highest BCUT2D eigenvalue weighted by atomic mass is 16.7. The van der Waals surface area contributed by atoms with E-state index in [0.717, 1.165) is 0 Å². The molecular formula is C12H27N3O2. The van der Waals surface area contributed by atoms with Gasteiger partial charge < -0.3 is 26.7 Å². The van der Waals surface area contributed by atoms with Gasteiger partial charge in [0.15, 0.2) is 6.29 Å². The lowest BCUT2D eigenvalue weighted by Gasteiger charge is -2.46. The van der Waals surface area contributed by atoms with Crippen LogP contribution >= 0.6 is 0 Å². The van der Waals surface area contributed by atoms with Crippen LogP contribution in [-0.4, -0.2) is 37.1 Å². The van der Waals surface area contributed by atoms with E-state index in [1.807, 2.05) is 13.8 Å². The molecule has 0 radical (unpaired) electrons. The van der Waals surface area contributed by atoms with Crippen molar-refractivity contribution in [2.24, 2.45) is 29.0 Å². The van der Waals surface area contributed by atoms with E-state index in [0.29, 0.717) is 12.5 Å². The van der Waals surface area contributed by atoms with Gasteiger partial charge in [-0.05, 0) is 19.8 Å². The van der Waals surface area contributed by atoms with E-state index in [2.05, 4.69) is 13.8 Å². The number of ether oxygens (including phenoxy) is 2. The van der Waals surface area contributed by atoms with Gasteiger partial charge in [0.25, 0.3) is 0 Å². The van der Waals surface area contributed by atoms with E-state index in [1.54, 1.807) is 0 Å². The minimum absolute atomic E-state index is 0.0623. The first-order valence-electron chi connectivity index (χ1n) is 6.40. The van der Waals surface area contributed by atoms with Crippen LogP contribution in [-0.2, 0) is 9.47 Å².